The van der Waals surface area contributed by atoms with Gasteiger partial charge in [-0.15, -0.1) is 0 Å². The van der Waals surface area contributed by atoms with Crippen LogP contribution in [0, 0.1) is 5.41 Å². The molecule has 16 heavy (non-hydrogen) atoms. The zero-order valence-electron chi connectivity index (χ0n) is 9.27. The van der Waals surface area contributed by atoms with E-state index in [-0.39, 0.29) is 10.3 Å². The molecule has 0 saturated heterocycles. The van der Waals surface area contributed by atoms with E-state index in [1.165, 1.54) is 12.3 Å². The van der Waals surface area contributed by atoms with Crippen molar-refractivity contribution in [2.75, 3.05) is 11.9 Å². The SMILES string of the molecule is CC(C)(CBr)CNS(=O)(=O)c1cccnc1. The Morgan fingerprint density at radius 2 is 2.19 bits per heavy atom. The smallest absolute Gasteiger partial charge is 0.242 e. The van der Waals surface area contributed by atoms with E-state index in [2.05, 4.69) is 25.6 Å². The Labute approximate surface area is 105 Å². The Bertz CT molecular complexity index is 431. The number of hydrogen-bond acceptors (Lipinski definition) is 3. The van der Waals surface area contributed by atoms with Crippen LogP contribution < -0.4 is 4.72 Å². The molecule has 0 atom stereocenters. The number of nitrogens with zero attached hydrogens (tertiary/aromatic N) is 1. The van der Waals surface area contributed by atoms with Gasteiger partial charge < -0.3 is 0 Å². The molecule has 0 spiro atoms. The first-order valence-corrected chi connectivity index (χ1v) is 7.43. The summed E-state index contributed by atoms with van der Waals surface area (Å²) < 4.78 is 26.2. The van der Waals surface area contributed by atoms with Crippen molar-refractivity contribution in [3.05, 3.63) is 24.5 Å². The lowest BCUT2D eigenvalue weighted by molar-refractivity contribution is 0.420. The number of sulfonamides is 1. The largest absolute Gasteiger partial charge is 0.263 e. The molecule has 1 heterocycles. The third kappa shape index (κ3) is 3.84. The Morgan fingerprint density at radius 3 is 2.69 bits per heavy atom. The fourth-order valence-electron chi connectivity index (χ4n) is 0.927. The van der Waals surface area contributed by atoms with Crippen LogP contribution in [0.15, 0.2) is 29.4 Å². The first kappa shape index (κ1) is 13.6. The van der Waals surface area contributed by atoms with Crippen LogP contribution in [-0.2, 0) is 10.0 Å². The molecule has 0 fully saturated rings. The number of pyridine rings is 1. The summed E-state index contributed by atoms with van der Waals surface area (Å²) in [5.41, 5.74) is -0.116. The third-order valence-electron chi connectivity index (χ3n) is 2.05. The van der Waals surface area contributed by atoms with E-state index in [1.807, 2.05) is 13.8 Å². The summed E-state index contributed by atoms with van der Waals surface area (Å²) in [6, 6.07) is 3.13. The van der Waals surface area contributed by atoms with Crippen LogP contribution in [0.2, 0.25) is 0 Å². The number of rotatable bonds is 5. The lowest BCUT2D eigenvalue weighted by Gasteiger charge is -2.21. The van der Waals surface area contributed by atoms with Gasteiger partial charge in [0.1, 0.15) is 4.90 Å². The maximum Gasteiger partial charge on any atom is 0.242 e. The second-order valence-electron chi connectivity index (χ2n) is 4.31. The molecular weight excluding hydrogens is 292 g/mol. The van der Waals surface area contributed by atoms with E-state index in [4.69, 9.17) is 0 Å². The van der Waals surface area contributed by atoms with E-state index in [9.17, 15) is 8.42 Å². The van der Waals surface area contributed by atoms with Gasteiger partial charge in [-0.3, -0.25) is 4.98 Å². The number of aromatic nitrogens is 1. The van der Waals surface area contributed by atoms with Gasteiger partial charge in [-0.05, 0) is 17.5 Å². The molecule has 1 N–H and O–H groups in total. The third-order valence-corrected chi connectivity index (χ3v) is 4.95. The zero-order valence-corrected chi connectivity index (χ0v) is 11.7. The molecule has 0 aliphatic rings. The highest BCUT2D eigenvalue weighted by atomic mass is 79.9. The topological polar surface area (TPSA) is 59.1 Å². The van der Waals surface area contributed by atoms with E-state index >= 15 is 0 Å². The van der Waals surface area contributed by atoms with Crippen LogP contribution in [0.5, 0.6) is 0 Å². The highest BCUT2D eigenvalue weighted by Gasteiger charge is 2.21. The summed E-state index contributed by atoms with van der Waals surface area (Å²) >= 11 is 3.35. The molecule has 90 valence electrons. The molecule has 0 amide bonds. The Kier molecular flexibility index (Phi) is 4.46. The van der Waals surface area contributed by atoms with Gasteiger partial charge in [0.25, 0.3) is 0 Å². The molecule has 0 bridgehead atoms. The van der Waals surface area contributed by atoms with Gasteiger partial charge in [0, 0.05) is 24.3 Å². The lowest BCUT2D eigenvalue weighted by Crippen LogP contribution is -2.34. The van der Waals surface area contributed by atoms with Crippen LogP contribution in [0.25, 0.3) is 0 Å². The quantitative estimate of drug-likeness (QED) is 0.844. The minimum absolute atomic E-state index is 0.116. The van der Waals surface area contributed by atoms with Gasteiger partial charge in [0.15, 0.2) is 0 Å². The van der Waals surface area contributed by atoms with Crippen molar-refractivity contribution in [1.29, 1.82) is 0 Å². The maximum atomic E-state index is 11.8. The predicted octanol–water partition coefficient (Wildman–Crippen LogP) is 1.78. The Balaban J connectivity index is 2.75. The average molecular weight is 307 g/mol. The summed E-state index contributed by atoms with van der Waals surface area (Å²) in [5.74, 6) is 0. The molecule has 0 radical (unpaired) electrons. The van der Waals surface area contributed by atoms with Crippen LogP contribution in [-0.4, -0.2) is 25.3 Å². The number of hydrogen-bond donors (Lipinski definition) is 1. The molecule has 1 aromatic heterocycles. The first-order valence-electron chi connectivity index (χ1n) is 4.83. The normalized spacial score (nSPS) is 12.7. The molecule has 1 rings (SSSR count). The van der Waals surface area contributed by atoms with E-state index in [1.54, 1.807) is 12.3 Å². The molecule has 0 saturated carbocycles. The summed E-state index contributed by atoms with van der Waals surface area (Å²) in [6.07, 6.45) is 2.88. The van der Waals surface area contributed by atoms with Crippen molar-refractivity contribution in [1.82, 2.24) is 9.71 Å². The molecule has 0 aliphatic heterocycles. The minimum Gasteiger partial charge on any atom is -0.263 e. The standard InChI is InChI=1S/C10H15BrN2O2S/c1-10(2,7-11)8-13-16(14,15)9-4-3-5-12-6-9/h3-6,13H,7-8H2,1-2H3. The van der Waals surface area contributed by atoms with E-state index < -0.39 is 10.0 Å². The van der Waals surface area contributed by atoms with Crippen LogP contribution in [0.3, 0.4) is 0 Å². The van der Waals surface area contributed by atoms with Gasteiger partial charge in [-0.2, -0.15) is 0 Å². The molecular formula is C10H15BrN2O2S. The van der Waals surface area contributed by atoms with Crippen molar-refractivity contribution in [2.24, 2.45) is 5.41 Å². The zero-order chi connectivity index (χ0) is 12.2. The summed E-state index contributed by atoms with van der Waals surface area (Å²) in [6.45, 7) is 4.34. The average Bonchev–Trinajstić information content (AvgIpc) is 2.28. The van der Waals surface area contributed by atoms with Crippen molar-refractivity contribution in [2.45, 2.75) is 18.7 Å². The highest BCUT2D eigenvalue weighted by molar-refractivity contribution is 9.09. The minimum atomic E-state index is -3.44. The van der Waals surface area contributed by atoms with Crippen LogP contribution in [0.1, 0.15) is 13.8 Å². The molecule has 0 aromatic carbocycles. The van der Waals surface area contributed by atoms with Gasteiger partial charge in [-0.1, -0.05) is 29.8 Å². The van der Waals surface area contributed by atoms with Crippen molar-refractivity contribution >= 4 is 26.0 Å². The van der Waals surface area contributed by atoms with Gasteiger partial charge in [-0.25, -0.2) is 13.1 Å². The van der Waals surface area contributed by atoms with Crippen molar-refractivity contribution < 1.29 is 8.42 Å². The van der Waals surface area contributed by atoms with Crippen molar-refractivity contribution in [3.8, 4) is 0 Å². The molecule has 1 aromatic rings. The summed E-state index contributed by atoms with van der Waals surface area (Å²) in [5, 5.41) is 0.732. The van der Waals surface area contributed by atoms with Crippen molar-refractivity contribution in [3.63, 3.8) is 0 Å². The second kappa shape index (κ2) is 5.25. The lowest BCUT2D eigenvalue weighted by atomic mass is 9.98. The number of halogens is 1. The highest BCUT2D eigenvalue weighted by Crippen LogP contribution is 2.17. The Morgan fingerprint density at radius 1 is 1.50 bits per heavy atom. The fraction of sp³-hybridized carbons (Fsp3) is 0.500. The van der Waals surface area contributed by atoms with Gasteiger partial charge in [0.2, 0.25) is 10.0 Å². The molecule has 0 aliphatic carbocycles. The number of alkyl halides is 1. The second-order valence-corrected chi connectivity index (χ2v) is 6.64. The summed E-state index contributed by atoms with van der Waals surface area (Å²) in [4.78, 5) is 3.98. The molecule has 0 unspecified atom stereocenters. The molecule has 6 heteroatoms. The van der Waals surface area contributed by atoms with Gasteiger partial charge >= 0.3 is 0 Å². The fourth-order valence-corrected chi connectivity index (χ4v) is 2.33. The number of nitrogens with one attached hydrogen (secondary N) is 1. The van der Waals surface area contributed by atoms with Crippen LogP contribution in [0.4, 0.5) is 0 Å². The van der Waals surface area contributed by atoms with E-state index in [0.717, 1.165) is 5.33 Å². The van der Waals surface area contributed by atoms with Gasteiger partial charge in [0.05, 0.1) is 0 Å². The predicted molar refractivity (Wildman–Crippen MR) is 67.0 cm³/mol. The van der Waals surface area contributed by atoms with E-state index in [0.29, 0.717) is 6.54 Å². The Hall–Kier alpha value is -0.460. The first-order chi connectivity index (χ1) is 7.37. The summed E-state index contributed by atoms with van der Waals surface area (Å²) in [7, 11) is -3.44. The maximum absolute atomic E-state index is 11.8. The monoisotopic (exact) mass is 306 g/mol. The molecule has 4 nitrogen and oxygen atoms in total. The van der Waals surface area contributed by atoms with Crippen LogP contribution >= 0.6 is 15.9 Å².